The van der Waals surface area contributed by atoms with Gasteiger partial charge in [0.1, 0.15) is 5.01 Å². The lowest BCUT2D eigenvalue weighted by Crippen LogP contribution is -1.82. The third kappa shape index (κ3) is 2.16. The van der Waals surface area contributed by atoms with E-state index in [0.717, 1.165) is 25.8 Å². The Morgan fingerprint density at radius 1 is 1.43 bits per heavy atom. The maximum atomic E-state index is 5.63. The van der Waals surface area contributed by atoms with E-state index in [1.165, 1.54) is 0 Å². The van der Waals surface area contributed by atoms with Crippen molar-refractivity contribution < 1.29 is 0 Å². The maximum Gasteiger partial charge on any atom is 0.158 e. The van der Waals surface area contributed by atoms with Gasteiger partial charge < -0.3 is 0 Å². The van der Waals surface area contributed by atoms with E-state index < -0.39 is 0 Å². The second-order valence-corrected chi connectivity index (χ2v) is 5.75. The minimum absolute atomic E-state index is 0.597. The van der Waals surface area contributed by atoms with Crippen molar-refractivity contribution in [2.75, 3.05) is 5.88 Å². The predicted molar refractivity (Wildman–Crippen MR) is 65.3 cm³/mol. The number of rotatable bonds is 3. The minimum atomic E-state index is 0.597. The summed E-state index contributed by atoms with van der Waals surface area (Å²) in [4.78, 5) is 1.14. The zero-order chi connectivity index (χ0) is 9.97. The van der Waals surface area contributed by atoms with Crippen LogP contribution >= 0.6 is 50.2 Å². The Balaban J connectivity index is 2.29. The van der Waals surface area contributed by atoms with Crippen LogP contribution in [0.1, 0.15) is 5.01 Å². The van der Waals surface area contributed by atoms with Gasteiger partial charge in [0.2, 0.25) is 0 Å². The van der Waals surface area contributed by atoms with Crippen LogP contribution in [0.15, 0.2) is 15.9 Å². The zero-order valence-electron chi connectivity index (χ0n) is 7.04. The fourth-order valence-electron chi connectivity index (χ4n) is 0.974. The summed E-state index contributed by atoms with van der Waals surface area (Å²) >= 11 is 12.4. The average molecular weight is 310 g/mol. The van der Waals surface area contributed by atoms with E-state index >= 15 is 0 Å². The van der Waals surface area contributed by atoms with E-state index in [9.17, 15) is 0 Å². The smallest absolute Gasteiger partial charge is 0.143 e. The molecule has 0 aliphatic rings. The van der Waals surface area contributed by atoms with Crippen molar-refractivity contribution in [3.63, 3.8) is 0 Å². The van der Waals surface area contributed by atoms with Crippen LogP contribution in [0.2, 0.25) is 0 Å². The van der Waals surface area contributed by atoms with Gasteiger partial charge in [-0.2, -0.15) is 0 Å². The van der Waals surface area contributed by atoms with E-state index in [-0.39, 0.29) is 0 Å². The number of nitrogens with zero attached hydrogens (tertiary/aromatic N) is 2. The summed E-state index contributed by atoms with van der Waals surface area (Å²) in [6.45, 7) is 0. The SMILES string of the molecule is ClCCc1nnc(-c2sccc2Br)s1. The molecular weight excluding hydrogens is 304 g/mol. The number of hydrogen-bond donors (Lipinski definition) is 0. The topological polar surface area (TPSA) is 25.8 Å². The number of hydrogen-bond acceptors (Lipinski definition) is 4. The Morgan fingerprint density at radius 3 is 2.93 bits per heavy atom. The third-order valence-corrected chi connectivity index (χ3v) is 4.75. The Bertz CT molecular complexity index is 426. The van der Waals surface area contributed by atoms with Gasteiger partial charge in [-0.15, -0.1) is 33.1 Å². The van der Waals surface area contributed by atoms with Gasteiger partial charge in [0.05, 0.1) is 4.88 Å². The molecule has 0 unspecified atom stereocenters. The molecule has 6 heteroatoms. The van der Waals surface area contributed by atoms with Crippen LogP contribution in [0.3, 0.4) is 0 Å². The summed E-state index contributed by atoms with van der Waals surface area (Å²) in [6.07, 6.45) is 0.794. The number of halogens is 2. The van der Waals surface area contributed by atoms with Crippen molar-refractivity contribution in [2.24, 2.45) is 0 Å². The van der Waals surface area contributed by atoms with Crippen LogP contribution in [0.5, 0.6) is 0 Å². The molecule has 0 N–H and O–H groups in total. The molecule has 0 saturated heterocycles. The normalized spacial score (nSPS) is 10.7. The highest BCUT2D eigenvalue weighted by Crippen LogP contribution is 2.35. The van der Waals surface area contributed by atoms with E-state index in [1.807, 2.05) is 11.4 Å². The fourth-order valence-corrected chi connectivity index (χ4v) is 3.90. The van der Waals surface area contributed by atoms with Gasteiger partial charge in [0.25, 0.3) is 0 Å². The molecule has 0 fully saturated rings. The van der Waals surface area contributed by atoms with Crippen molar-refractivity contribution in [1.82, 2.24) is 10.2 Å². The fraction of sp³-hybridized carbons (Fsp3) is 0.250. The van der Waals surface area contributed by atoms with Gasteiger partial charge in [0, 0.05) is 16.8 Å². The van der Waals surface area contributed by atoms with Gasteiger partial charge in [-0.1, -0.05) is 11.3 Å². The standard InChI is InChI=1S/C8H6BrClN2S2/c9-5-2-4-13-7(5)8-12-11-6(14-8)1-3-10/h2,4H,1,3H2. The summed E-state index contributed by atoms with van der Waals surface area (Å²) in [5, 5.41) is 12.2. The lowest BCUT2D eigenvalue weighted by molar-refractivity contribution is 0.990. The molecule has 0 amide bonds. The molecule has 2 heterocycles. The Labute approximate surface area is 103 Å². The summed E-state index contributed by atoms with van der Waals surface area (Å²) < 4.78 is 1.08. The Morgan fingerprint density at radius 2 is 2.29 bits per heavy atom. The highest BCUT2D eigenvalue weighted by atomic mass is 79.9. The van der Waals surface area contributed by atoms with Crippen LogP contribution in [-0.4, -0.2) is 16.1 Å². The largest absolute Gasteiger partial charge is 0.158 e. The van der Waals surface area contributed by atoms with Crippen LogP contribution in [0, 0.1) is 0 Å². The monoisotopic (exact) mass is 308 g/mol. The van der Waals surface area contributed by atoms with Gasteiger partial charge >= 0.3 is 0 Å². The first-order chi connectivity index (χ1) is 6.81. The Hall–Kier alpha value is 0.0300. The third-order valence-electron chi connectivity index (χ3n) is 1.59. The highest BCUT2D eigenvalue weighted by Gasteiger charge is 2.10. The first-order valence-corrected chi connectivity index (χ1v) is 6.95. The maximum absolute atomic E-state index is 5.63. The van der Waals surface area contributed by atoms with Crippen LogP contribution < -0.4 is 0 Å². The first kappa shape index (κ1) is 10.5. The lowest BCUT2D eigenvalue weighted by atomic mass is 10.5. The van der Waals surface area contributed by atoms with Gasteiger partial charge in [-0.25, -0.2) is 0 Å². The summed E-state index contributed by atoms with van der Waals surface area (Å²) in [6, 6.07) is 2.02. The molecular formula is C8H6BrClN2S2. The van der Waals surface area contributed by atoms with Gasteiger partial charge in [0.15, 0.2) is 5.01 Å². The molecule has 2 rings (SSSR count). The molecule has 0 aliphatic carbocycles. The average Bonchev–Trinajstić information content (AvgIpc) is 2.74. The molecule has 0 radical (unpaired) electrons. The minimum Gasteiger partial charge on any atom is -0.143 e. The van der Waals surface area contributed by atoms with E-state index in [2.05, 4.69) is 26.1 Å². The van der Waals surface area contributed by atoms with Crippen molar-refractivity contribution >= 4 is 50.2 Å². The molecule has 2 aromatic rings. The number of aryl methyl sites for hydroxylation is 1. The summed E-state index contributed by atoms with van der Waals surface area (Å²) in [7, 11) is 0. The van der Waals surface area contributed by atoms with Crippen molar-refractivity contribution in [3.8, 4) is 9.88 Å². The number of alkyl halides is 1. The molecule has 0 atom stereocenters. The first-order valence-electron chi connectivity index (χ1n) is 3.93. The molecule has 0 bridgehead atoms. The van der Waals surface area contributed by atoms with Crippen molar-refractivity contribution in [2.45, 2.75) is 6.42 Å². The van der Waals surface area contributed by atoms with Crippen LogP contribution in [-0.2, 0) is 6.42 Å². The molecule has 0 aliphatic heterocycles. The lowest BCUT2D eigenvalue weighted by Gasteiger charge is -1.88. The Kier molecular flexibility index (Phi) is 3.54. The summed E-state index contributed by atoms with van der Waals surface area (Å²) in [5.41, 5.74) is 0. The molecule has 0 saturated carbocycles. The van der Waals surface area contributed by atoms with E-state index in [4.69, 9.17) is 11.6 Å². The predicted octanol–water partition coefficient (Wildman–Crippen LogP) is 3.81. The van der Waals surface area contributed by atoms with Gasteiger partial charge in [-0.3, -0.25) is 0 Å². The molecule has 14 heavy (non-hydrogen) atoms. The molecule has 74 valence electrons. The number of aromatic nitrogens is 2. The molecule has 2 nitrogen and oxygen atoms in total. The van der Waals surface area contributed by atoms with Crippen molar-refractivity contribution in [1.29, 1.82) is 0 Å². The number of thiophene rings is 1. The molecule has 0 aromatic carbocycles. The summed E-state index contributed by atoms with van der Waals surface area (Å²) in [5.74, 6) is 0.597. The van der Waals surface area contributed by atoms with E-state index in [0.29, 0.717) is 5.88 Å². The van der Waals surface area contributed by atoms with Gasteiger partial charge in [-0.05, 0) is 27.4 Å². The molecule has 2 aromatic heterocycles. The van der Waals surface area contributed by atoms with Crippen molar-refractivity contribution in [3.05, 3.63) is 20.9 Å². The second kappa shape index (κ2) is 4.70. The second-order valence-electron chi connectivity index (χ2n) is 2.54. The quantitative estimate of drug-likeness (QED) is 0.806. The molecule has 0 spiro atoms. The highest BCUT2D eigenvalue weighted by molar-refractivity contribution is 9.10. The van der Waals surface area contributed by atoms with E-state index in [1.54, 1.807) is 22.7 Å². The zero-order valence-corrected chi connectivity index (χ0v) is 11.0. The van der Waals surface area contributed by atoms with Crippen LogP contribution in [0.4, 0.5) is 0 Å². The van der Waals surface area contributed by atoms with Crippen LogP contribution in [0.25, 0.3) is 9.88 Å².